The van der Waals surface area contributed by atoms with Crippen LogP contribution in [-0.4, -0.2) is 78.4 Å². The van der Waals surface area contributed by atoms with E-state index in [2.05, 4.69) is 10.2 Å². The number of rotatable bonds is 7. The minimum Gasteiger partial charge on any atom is -0.387 e. The lowest BCUT2D eigenvalue weighted by molar-refractivity contribution is -0.138. The van der Waals surface area contributed by atoms with Crippen molar-refractivity contribution in [2.45, 2.75) is 82.5 Å². The number of halogens is 1. The third-order valence-electron chi connectivity index (χ3n) is 8.90. The molecule has 2 saturated heterocycles. The van der Waals surface area contributed by atoms with Crippen molar-refractivity contribution in [1.29, 1.82) is 5.41 Å². The van der Waals surface area contributed by atoms with Crippen LogP contribution in [0.1, 0.15) is 64.2 Å². The van der Waals surface area contributed by atoms with Gasteiger partial charge < -0.3 is 21.7 Å². The first-order valence-corrected chi connectivity index (χ1v) is 13.4. The number of carbonyl (C=O) groups excluding carboxylic acids is 2. The number of hydrogen-bond acceptors (Lipinski definition) is 5. The van der Waals surface area contributed by atoms with E-state index in [1.54, 1.807) is 0 Å². The molecule has 4 rings (SSSR count). The number of nitrogens with zero attached hydrogens (tertiary/aromatic N) is 2. The molecule has 4 unspecified atom stereocenters. The number of piperidine rings is 1. The molecule has 0 radical (unpaired) electrons. The van der Waals surface area contributed by atoms with E-state index in [-0.39, 0.29) is 41.6 Å². The Morgan fingerprint density at radius 2 is 1.65 bits per heavy atom. The second-order valence-electron chi connectivity index (χ2n) is 11.0. The van der Waals surface area contributed by atoms with Gasteiger partial charge in [0.15, 0.2) is 0 Å². The maximum atomic E-state index is 13.7. The van der Waals surface area contributed by atoms with Crippen LogP contribution in [0.15, 0.2) is 0 Å². The molecule has 2 aliphatic carbocycles. The number of nitrogens with one attached hydrogen (secondary N) is 2. The van der Waals surface area contributed by atoms with Crippen molar-refractivity contribution < 1.29 is 14.0 Å². The van der Waals surface area contributed by atoms with Crippen molar-refractivity contribution in [3.63, 3.8) is 0 Å². The molecule has 6 N–H and O–H groups in total. The van der Waals surface area contributed by atoms with Gasteiger partial charge in [-0.15, -0.1) is 0 Å². The van der Waals surface area contributed by atoms with E-state index in [1.165, 1.54) is 0 Å². The minimum absolute atomic E-state index is 0.0605. The predicted molar refractivity (Wildman–Crippen MR) is 130 cm³/mol. The van der Waals surface area contributed by atoms with Gasteiger partial charge in [0.2, 0.25) is 11.8 Å². The van der Waals surface area contributed by atoms with Crippen LogP contribution in [0, 0.1) is 29.1 Å². The van der Waals surface area contributed by atoms with Crippen LogP contribution in [0.2, 0.25) is 0 Å². The molecule has 34 heavy (non-hydrogen) atoms. The molecular formula is C25H43FN6O2. The second-order valence-corrected chi connectivity index (χ2v) is 11.0. The number of nitrogens with two attached hydrogens (primary N) is 2. The summed E-state index contributed by atoms with van der Waals surface area (Å²) in [5.41, 5.74) is 11.4. The zero-order valence-electron chi connectivity index (χ0n) is 20.4. The van der Waals surface area contributed by atoms with E-state index in [4.69, 9.17) is 16.9 Å². The normalized spacial score (nSPS) is 35.1. The molecule has 0 aromatic carbocycles. The van der Waals surface area contributed by atoms with Crippen molar-refractivity contribution >= 4 is 17.6 Å². The van der Waals surface area contributed by atoms with Gasteiger partial charge in [0.05, 0.1) is 11.9 Å². The highest BCUT2D eigenvalue weighted by Gasteiger charge is 2.49. The number of likely N-dealkylation sites (tertiary alicyclic amines) is 2. The molecule has 192 valence electrons. The van der Waals surface area contributed by atoms with Gasteiger partial charge in [-0.1, -0.05) is 0 Å². The fourth-order valence-corrected chi connectivity index (χ4v) is 6.86. The smallest absolute Gasteiger partial charge is 0.239 e. The van der Waals surface area contributed by atoms with Crippen molar-refractivity contribution in [2.24, 2.45) is 35.1 Å². The lowest BCUT2D eigenvalue weighted by atomic mass is 9.77. The number of fused-ring (bicyclic) bond motifs is 1. The first-order valence-electron chi connectivity index (χ1n) is 13.4. The first-order chi connectivity index (χ1) is 16.4. The highest BCUT2D eigenvalue weighted by Crippen LogP contribution is 2.44. The summed E-state index contributed by atoms with van der Waals surface area (Å²) in [5.74, 6) is 1.62. The number of carbonyl (C=O) groups is 2. The van der Waals surface area contributed by atoms with E-state index in [0.717, 1.165) is 57.9 Å². The molecule has 4 fully saturated rings. The molecule has 8 nitrogen and oxygen atoms in total. The summed E-state index contributed by atoms with van der Waals surface area (Å²) in [5, 5.41) is 10.9. The molecule has 4 atom stereocenters. The Morgan fingerprint density at radius 1 is 0.971 bits per heavy atom. The SMILES string of the molecule is N=C(N)C1CCC2CC(C(=O)N3CCC(F)CC3)N(CC3CCC(C(=O)NCCN)CC3)C2C1. The molecule has 2 saturated carbocycles. The Balaban J connectivity index is 1.42. The van der Waals surface area contributed by atoms with Crippen LogP contribution in [0.4, 0.5) is 4.39 Å². The third kappa shape index (κ3) is 5.73. The third-order valence-corrected chi connectivity index (χ3v) is 8.90. The Kier molecular flexibility index (Phi) is 8.45. The Labute approximate surface area is 202 Å². The largest absolute Gasteiger partial charge is 0.387 e. The van der Waals surface area contributed by atoms with E-state index < -0.39 is 6.17 Å². The lowest BCUT2D eigenvalue weighted by Crippen LogP contribution is -2.52. The van der Waals surface area contributed by atoms with E-state index in [1.807, 2.05) is 4.90 Å². The molecule has 4 aliphatic rings. The molecule has 0 bridgehead atoms. The molecule has 0 spiro atoms. The van der Waals surface area contributed by atoms with Crippen LogP contribution in [0.5, 0.6) is 0 Å². The van der Waals surface area contributed by atoms with Gasteiger partial charge >= 0.3 is 0 Å². The monoisotopic (exact) mass is 478 g/mol. The second kappa shape index (κ2) is 11.3. The van der Waals surface area contributed by atoms with Gasteiger partial charge in [-0.3, -0.25) is 19.9 Å². The van der Waals surface area contributed by atoms with Gasteiger partial charge in [0, 0.05) is 50.6 Å². The molecular weight excluding hydrogens is 435 g/mol. The van der Waals surface area contributed by atoms with Gasteiger partial charge in [-0.2, -0.15) is 0 Å². The summed E-state index contributed by atoms with van der Waals surface area (Å²) in [6, 6.07) is 0.128. The van der Waals surface area contributed by atoms with Crippen LogP contribution in [-0.2, 0) is 9.59 Å². The highest BCUT2D eigenvalue weighted by molar-refractivity contribution is 5.83. The average molecular weight is 479 g/mol. The standard InChI is InChI=1S/C25H43FN6O2/c26-20-7-11-31(12-8-20)25(34)22-13-18-5-6-19(23(28)29)14-21(18)32(22)15-16-1-3-17(4-2-16)24(33)30-10-9-27/h16-22H,1-15,27H2,(H3,28,29)(H,30,33). The Bertz CT molecular complexity index is 735. The lowest BCUT2D eigenvalue weighted by Gasteiger charge is -2.40. The molecule has 2 heterocycles. The van der Waals surface area contributed by atoms with E-state index >= 15 is 0 Å². The van der Waals surface area contributed by atoms with E-state index in [0.29, 0.717) is 50.9 Å². The number of amidine groups is 1. The molecule has 2 aliphatic heterocycles. The summed E-state index contributed by atoms with van der Waals surface area (Å²) in [7, 11) is 0. The van der Waals surface area contributed by atoms with Gasteiger partial charge in [0.1, 0.15) is 6.17 Å². The molecule has 0 aromatic heterocycles. The first kappa shape index (κ1) is 25.4. The molecule has 2 amide bonds. The van der Waals surface area contributed by atoms with Crippen molar-refractivity contribution in [3.05, 3.63) is 0 Å². The Hall–Kier alpha value is -1.74. The zero-order valence-corrected chi connectivity index (χ0v) is 20.4. The topological polar surface area (TPSA) is 129 Å². The van der Waals surface area contributed by atoms with Crippen LogP contribution in [0.3, 0.4) is 0 Å². The fourth-order valence-electron chi connectivity index (χ4n) is 6.86. The summed E-state index contributed by atoms with van der Waals surface area (Å²) in [6.45, 7) is 2.87. The van der Waals surface area contributed by atoms with Crippen molar-refractivity contribution in [3.8, 4) is 0 Å². The van der Waals surface area contributed by atoms with Gasteiger partial charge in [0.25, 0.3) is 0 Å². The maximum absolute atomic E-state index is 13.7. The Morgan fingerprint density at radius 3 is 2.29 bits per heavy atom. The van der Waals surface area contributed by atoms with E-state index in [9.17, 15) is 14.0 Å². The summed E-state index contributed by atoms with van der Waals surface area (Å²) < 4.78 is 13.7. The quantitative estimate of drug-likeness (QED) is 0.327. The highest BCUT2D eigenvalue weighted by atomic mass is 19.1. The number of alkyl halides is 1. The van der Waals surface area contributed by atoms with Gasteiger partial charge in [-0.05, 0) is 76.0 Å². The fraction of sp³-hybridized carbons (Fsp3) is 0.880. The number of hydrogen-bond donors (Lipinski definition) is 4. The average Bonchev–Trinajstić information content (AvgIpc) is 3.20. The summed E-state index contributed by atoms with van der Waals surface area (Å²) >= 11 is 0. The molecule has 0 aromatic rings. The van der Waals surface area contributed by atoms with Crippen LogP contribution < -0.4 is 16.8 Å². The van der Waals surface area contributed by atoms with Crippen LogP contribution >= 0.6 is 0 Å². The number of amides is 2. The maximum Gasteiger partial charge on any atom is 0.239 e. The summed E-state index contributed by atoms with van der Waals surface area (Å²) in [4.78, 5) is 30.3. The van der Waals surface area contributed by atoms with Gasteiger partial charge in [-0.25, -0.2) is 4.39 Å². The predicted octanol–water partition coefficient (Wildman–Crippen LogP) is 1.62. The van der Waals surface area contributed by atoms with Crippen LogP contribution in [0.25, 0.3) is 0 Å². The zero-order chi connectivity index (χ0) is 24.2. The summed E-state index contributed by atoms with van der Waals surface area (Å²) in [6.07, 6.45) is 7.47. The molecule has 9 heteroatoms. The van der Waals surface area contributed by atoms with Crippen molar-refractivity contribution in [1.82, 2.24) is 15.1 Å². The van der Waals surface area contributed by atoms with Crippen molar-refractivity contribution in [2.75, 3.05) is 32.7 Å². The minimum atomic E-state index is -0.792.